The molecule has 4 aromatic rings. The zero-order chi connectivity index (χ0) is 26.3. The fraction of sp³-hybridized carbons (Fsp3) is 0.214. The quantitative estimate of drug-likeness (QED) is 0.234. The van der Waals surface area contributed by atoms with Crippen LogP contribution >= 0.6 is 22.9 Å². The highest BCUT2D eigenvalue weighted by Gasteiger charge is 2.30. The molecule has 0 bridgehead atoms. The molecule has 0 aliphatic rings. The summed E-state index contributed by atoms with van der Waals surface area (Å²) in [4.78, 5) is 19.1. The monoisotopic (exact) mass is 543 g/mol. The molecular weight excluding hydrogens is 519 g/mol. The molecule has 4 rings (SSSR count). The summed E-state index contributed by atoms with van der Waals surface area (Å²) in [5.74, 6) is -0.252. The van der Waals surface area contributed by atoms with E-state index in [1.165, 1.54) is 23.5 Å². The van der Waals surface area contributed by atoms with E-state index in [9.17, 15) is 18.0 Å². The third kappa shape index (κ3) is 8.15. The molecule has 0 aliphatic heterocycles. The van der Waals surface area contributed by atoms with E-state index in [1.54, 1.807) is 17.5 Å². The normalized spacial score (nSPS) is 11.6. The highest BCUT2D eigenvalue weighted by molar-refractivity contribution is 7.09. The maximum Gasteiger partial charge on any atom is 0.416 e. The van der Waals surface area contributed by atoms with Gasteiger partial charge in [0.1, 0.15) is 10.7 Å². The van der Waals surface area contributed by atoms with Crippen LogP contribution in [0, 0.1) is 0 Å². The third-order valence-electron chi connectivity index (χ3n) is 5.64. The molecule has 9 heteroatoms. The number of carbonyl (C=O) groups is 1. The number of amides is 1. The largest absolute Gasteiger partial charge is 0.416 e. The number of rotatable bonds is 10. The summed E-state index contributed by atoms with van der Waals surface area (Å²) in [6.45, 7) is 1.58. The molecule has 1 N–H and O–H groups in total. The zero-order valence-electron chi connectivity index (χ0n) is 19.8. The van der Waals surface area contributed by atoms with Crippen LogP contribution in [0.15, 0.2) is 84.2 Å². The molecule has 0 spiro atoms. The van der Waals surface area contributed by atoms with Crippen LogP contribution in [0.5, 0.6) is 0 Å². The summed E-state index contributed by atoms with van der Waals surface area (Å²) in [5, 5.41) is 5.87. The standard InChI is InChI=1S/C28H25ClF3N3OS/c29-24-11-5-9-22(15-24)17-35(16-21-8-4-10-23(14-21)28(30,31)32)18-26-34-25(19-37-26)27(36)33-13-12-20-6-2-1-3-7-20/h1-11,14-15,19H,12-13,16-18H2,(H,33,36). The van der Waals surface area contributed by atoms with E-state index in [-0.39, 0.29) is 12.5 Å². The van der Waals surface area contributed by atoms with Gasteiger partial charge in [0.25, 0.3) is 5.91 Å². The van der Waals surface area contributed by atoms with Gasteiger partial charge < -0.3 is 5.32 Å². The number of alkyl halides is 3. The number of benzene rings is 3. The lowest BCUT2D eigenvalue weighted by molar-refractivity contribution is -0.137. The van der Waals surface area contributed by atoms with E-state index < -0.39 is 11.7 Å². The lowest BCUT2D eigenvalue weighted by Gasteiger charge is -2.22. The van der Waals surface area contributed by atoms with Crippen molar-refractivity contribution in [2.45, 2.75) is 32.2 Å². The van der Waals surface area contributed by atoms with E-state index in [4.69, 9.17) is 11.6 Å². The Morgan fingerprint density at radius 3 is 2.27 bits per heavy atom. The number of hydrogen-bond acceptors (Lipinski definition) is 4. The topological polar surface area (TPSA) is 45.2 Å². The fourth-order valence-corrected chi connectivity index (χ4v) is 4.93. The van der Waals surface area contributed by atoms with Gasteiger partial charge in [0.15, 0.2) is 0 Å². The van der Waals surface area contributed by atoms with Crippen LogP contribution in [-0.4, -0.2) is 22.3 Å². The molecule has 0 atom stereocenters. The fourth-order valence-electron chi connectivity index (χ4n) is 3.90. The Morgan fingerprint density at radius 1 is 0.892 bits per heavy atom. The summed E-state index contributed by atoms with van der Waals surface area (Å²) < 4.78 is 39.7. The first-order valence-corrected chi connectivity index (χ1v) is 12.9. The molecule has 192 valence electrons. The van der Waals surface area contributed by atoms with E-state index in [2.05, 4.69) is 10.3 Å². The number of thiazole rings is 1. The summed E-state index contributed by atoms with van der Waals surface area (Å²) in [5.41, 5.74) is 2.24. The lowest BCUT2D eigenvalue weighted by atomic mass is 10.1. The first kappa shape index (κ1) is 26.9. The van der Waals surface area contributed by atoms with Crippen LogP contribution in [0.1, 0.15) is 37.7 Å². The van der Waals surface area contributed by atoms with Crippen LogP contribution in [0.3, 0.4) is 0 Å². The van der Waals surface area contributed by atoms with Crippen molar-refractivity contribution in [1.82, 2.24) is 15.2 Å². The average molecular weight is 544 g/mol. The molecular formula is C28H25ClF3N3OS. The Bertz CT molecular complexity index is 1330. The Balaban J connectivity index is 1.44. The lowest BCUT2D eigenvalue weighted by Crippen LogP contribution is -2.26. The Morgan fingerprint density at radius 2 is 1.57 bits per heavy atom. The van der Waals surface area contributed by atoms with E-state index in [0.29, 0.717) is 47.3 Å². The van der Waals surface area contributed by atoms with Crippen LogP contribution < -0.4 is 5.32 Å². The summed E-state index contributed by atoms with van der Waals surface area (Å²) in [6, 6.07) is 22.5. The second-order valence-corrected chi connectivity index (χ2v) is 9.97. The summed E-state index contributed by atoms with van der Waals surface area (Å²) in [7, 11) is 0. The first-order chi connectivity index (χ1) is 17.8. The van der Waals surface area contributed by atoms with Gasteiger partial charge in [0.2, 0.25) is 0 Å². The number of nitrogens with zero attached hydrogens (tertiary/aromatic N) is 2. The molecule has 0 unspecified atom stereocenters. The molecule has 0 aliphatic carbocycles. The van der Waals surface area contributed by atoms with Gasteiger partial charge in [0.05, 0.1) is 12.1 Å². The van der Waals surface area contributed by atoms with Crippen molar-refractivity contribution >= 4 is 28.8 Å². The maximum absolute atomic E-state index is 13.2. The SMILES string of the molecule is O=C(NCCc1ccccc1)c1csc(CN(Cc2cccc(Cl)c2)Cc2cccc(C(F)(F)F)c2)n1. The molecule has 4 nitrogen and oxygen atoms in total. The minimum Gasteiger partial charge on any atom is -0.350 e. The van der Waals surface area contributed by atoms with Gasteiger partial charge in [-0.25, -0.2) is 4.98 Å². The van der Waals surface area contributed by atoms with Gasteiger partial charge in [-0.05, 0) is 41.3 Å². The van der Waals surface area contributed by atoms with E-state index in [0.717, 1.165) is 17.2 Å². The summed E-state index contributed by atoms with van der Waals surface area (Å²) in [6.07, 6.45) is -3.69. The zero-order valence-corrected chi connectivity index (χ0v) is 21.4. The van der Waals surface area contributed by atoms with Gasteiger partial charge in [-0.2, -0.15) is 13.2 Å². The van der Waals surface area contributed by atoms with Crippen LogP contribution in [-0.2, 0) is 32.2 Å². The van der Waals surface area contributed by atoms with Crippen molar-refractivity contribution in [1.29, 1.82) is 0 Å². The highest BCUT2D eigenvalue weighted by Crippen LogP contribution is 2.30. The van der Waals surface area contributed by atoms with E-state index in [1.807, 2.05) is 53.4 Å². The number of halogens is 4. The van der Waals surface area contributed by atoms with Crippen LogP contribution in [0.25, 0.3) is 0 Å². The Labute approximate surface area is 222 Å². The van der Waals surface area contributed by atoms with Gasteiger partial charge in [-0.15, -0.1) is 11.3 Å². The van der Waals surface area contributed by atoms with Crippen molar-refractivity contribution in [2.24, 2.45) is 0 Å². The molecule has 0 saturated heterocycles. The first-order valence-electron chi connectivity index (χ1n) is 11.7. The smallest absolute Gasteiger partial charge is 0.350 e. The second kappa shape index (κ2) is 12.4. The third-order valence-corrected chi connectivity index (χ3v) is 6.71. The van der Waals surface area contributed by atoms with Crippen molar-refractivity contribution in [3.8, 4) is 0 Å². The minimum absolute atomic E-state index is 0.252. The Kier molecular flexibility index (Phi) is 8.97. The predicted octanol–water partition coefficient (Wildman–Crippen LogP) is 6.99. The van der Waals surface area contributed by atoms with Gasteiger partial charge in [-0.1, -0.05) is 72.3 Å². The predicted molar refractivity (Wildman–Crippen MR) is 140 cm³/mol. The van der Waals surface area contributed by atoms with Gasteiger partial charge in [-0.3, -0.25) is 9.69 Å². The molecule has 0 saturated carbocycles. The van der Waals surface area contributed by atoms with Gasteiger partial charge >= 0.3 is 6.18 Å². The molecule has 0 radical (unpaired) electrons. The number of carbonyl (C=O) groups excluding carboxylic acids is 1. The van der Waals surface area contributed by atoms with Crippen molar-refractivity contribution in [2.75, 3.05) is 6.54 Å². The number of nitrogens with one attached hydrogen (secondary N) is 1. The average Bonchev–Trinajstić information content (AvgIpc) is 3.33. The number of hydrogen-bond donors (Lipinski definition) is 1. The van der Waals surface area contributed by atoms with Crippen molar-refractivity contribution < 1.29 is 18.0 Å². The van der Waals surface area contributed by atoms with Gasteiger partial charge in [0, 0.05) is 30.0 Å². The van der Waals surface area contributed by atoms with E-state index >= 15 is 0 Å². The molecule has 3 aromatic carbocycles. The van der Waals surface area contributed by atoms with Crippen LogP contribution in [0.4, 0.5) is 13.2 Å². The second-order valence-electron chi connectivity index (χ2n) is 8.59. The van der Waals surface area contributed by atoms with Crippen molar-refractivity contribution in [3.05, 3.63) is 122 Å². The number of aromatic nitrogens is 1. The highest BCUT2D eigenvalue weighted by atomic mass is 35.5. The minimum atomic E-state index is -4.41. The molecule has 1 aromatic heterocycles. The maximum atomic E-state index is 13.2. The summed E-state index contributed by atoms with van der Waals surface area (Å²) >= 11 is 7.49. The molecule has 0 fully saturated rings. The van der Waals surface area contributed by atoms with Crippen LogP contribution in [0.2, 0.25) is 5.02 Å². The molecule has 1 amide bonds. The Hall–Kier alpha value is -3.20. The van der Waals surface area contributed by atoms with Crippen molar-refractivity contribution in [3.63, 3.8) is 0 Å². The molecule has 37 heavy (non-hydrogen) atoms. The molecule has 1 heterocycles.